The number of nitrogens with one attached hydrogen (secondary N) is 2. The number of aliphatic hydroxyl groups excluding tert-OH is 3. The zero-order valence-electron chi connectivity index (χ0n) is 35.3. The van der Waals surface area contributed by atoms with Gasteiger partial charge < -0.3 is 46.3 Å². The highest BCUT2D eigenvalue weighted by atomic mass is 16.5. The smallest absolute Gasteiger partial charge is 0.302 e. The predicted molar refractivity (Wildman–Crippen MR) is 225 cm³/mol. The molecule has 0 radical (unpaired) electrons. The molecule has 8 aliphatic rings. The van der Waals surface area contributed by atoms with Gasteiger partial charge in [0.25, 0.3) is 0 Å². The maximum atomic E-state index is 12.8. The van der Waals surface area contributed by atoms with E-state index in [1.165, 1.54) is 13.3 Å². The summed E-state index contributed by atoms with van der Waals surface area (Å²) in [5.74, 6) is 8.51. The molecule has 1 saturated carbocycles. The first-order chi connectivity index (χ1) is 28.5. The van der Waals surface area contributed by atoms with E-state index in [2.05, 4.69) is 32.3 Å². The van der Waals surface area contributed by atoms with Gasteiger partial charge in [-0.25, -0.2) is 0 Å². The Morgan fingerprint density at radius 1 is 1.03 bits per heavy atom. The Morgan fingerprint density at radius 3 is 2.68 bits per heavy atom. The number of rotatable bonds is 3. The number of guanidine groups is 1. The van der Waals surface area contributed by atoms with Crippen molar-refractivity contribution in [3.8, 4) is 23.3 Å². The predicted octanol–water partition coefficient (Wildman–Crippen LogP) is 3.39. The number of nitrogens with zero attached hydrogens (tertiary/aromatic N) is 3. The van der Waals surface area contributed by atoms with E-state index in [4.69, 9.17) is 20.2 Å². The van der Waals surface area contributed by atoms with Gasteiger partial charge in [-0.3, -0.25) is 19.6 Å². The van der Waals surface area contributed by atoms with Gasteiger partial charge in [0, 0.05) is 63.4 Å². The third kappa shape index (κ3) is 9.68. The standard InChI is InChI=1S/C46H70N6O7/c1-30(55)58-42-23-37(56)9-14-45(13-8-32-6-5-7-36-22-38(10-16-48-36)59-43-21-33(19-39(32)42)35(27-53)20-41(43)57)15-17-51-24-31-18-34(40(51)28-54)26-52(25-31)46(11-3-2-4-12-46)50-44(47)49-29-45/h20-21,31-32,34,36-40,42,48,53-54,56-57H,2-7,9-12,14-19,22-29H2,1H3,(H3,47,49,50)/t31-,32+,34-,36-,37+,38-,39-,40-,42+,45+/m1/s1. The van der Waals surface area contributed by atoms with Crippen molar-refractivity contribution in [2.45, 2.75) is 152 Å². The van der Waals surface area contributed by atoms with Gasteiger partial charge in [0.15, 0.2) is 17.5 Å². The lowest BCUT2D eigenvalue weighted by Gasteiger charge is -2.56. The molecule has 6 heterocycles. The second-order valence-corrected chi connectivity index (χ2v) is 19.4. The summed E-state index contributed by atoms with van der Waals surface area (Å²) in [6, 6.07) is 3.77. The van der Waals surface area contributed by atoms with E-state index < -0.39 is 23.6 Å². The molecule has 12 atom stereocenters. The van der Waals surface area contributed by atoms with Gasteiger partial charge in [-0.1, -0.05) is 24.7 Å². The Balaban J connectivity index is 1.21. The highest BCUT2D eigenvalue weighted by molar-refractivity contribution is 5.78. The molecule has 4 fully saturated rings. The number of aliphatic hydroxyl groups is 3. The first-order valence-electron chi connectivity index (χ1n) is 23.0. The van der Waals surface area contributed by atoms with Gasteiger partial charge in [-0.15, -0.1) is 0 Å². The summed E-state index contributed by atoms with van der Waals surface area (Å²) in [4.78, 5) is 23.1. The minimum atomic E-state index is -0.764. The quantitative estimate of drug-likeness (QED) is 0.175. The summed E-state index contributed by atoms with van der Waals surface area (Å²) < 4.78 is 12.6. The minimum absolute atomic E-state index is 0.00117. The van der Waals surface area contributed by atoms with E-state index in [0.717, 1.165) is 109 Å². The molecule has 3 saturated heterocycles. The van der Waals surface area contributed by atoms with Crippen LogP contribution in [0.15, 0.2) is 17.1 Å². The minimum Gasteiger partial charge on any atom is -0.504 e. The van der Waals surface area contributed by atoms with E-state index in [0.29, 0.717) is 54.9 Å². The number of carbonyl (C=O) groups is 1. The average Bonchev–Trinajstić information content (AvgIpc) is 3.23. The Labute approximate surface area is 350 Å². The molecule has 0 aromatic heterocycles. The summed E-state index contributed by atoms with van der Waals surface area (Å²) in [5.41, 5.74) is 7.46. The molecule has 1 aromatic rings. The number of phenols is 1. The van der Waals surface area contributed by atoms with Crippen molar-refractivity contribution in [3.63, 3.8) is 0 Å². The largest absolute Gasteiger partial charge is 0.504 e. The Kier molecular flexibility index (Phi) is 13.3. The number of hydrogen-bond acceptors (Lipinski definition) is 13. The van der Waals surface area contributed by atoms with Crippen molar-refractivity contribution in [3.05, 3.63) is 23.3 Å². The molecule has 8 bridgehead atoms. The van der Waals surface area contributed by atoms with Crippen LogP contribution in [0.5, 0.6) is 11.5 Å². The molecular formula is C46H70N6O7. The number of phenolic OH excluding ortho intramolecular Hbond substituents is 1. The molecular weight excluding hydrogens is 749 g/mol. The molecule has 0 amide bonds. The first-order valence-corrected chi connectivity index (χ1v) is 23.0. The number of esters is 1. The van der Waals surface area contributed by atoms with Crippen LogP contribution in [0, 0.1) is 40.9 Å². The SMILES string of the molecule is CC(=O)O[C@H]1C[C@@H](O)CC[C@@]2(C#C[C@@H]3CCC[C@@H]4C[C@@H](CCN4)Oc4cc(c(CO)cc4O)C[C@H]31)CCN1C[C@H]3C[C@H](CN(C3)C3(CCCCC3)NC(N)=NC2)[C@H]1CO. The van der Waals surface area contributed by atoms with Crippen molar-refractivity contribution in [1.29, 1.82) is 0 Å². The third-order valence-electron chi connectivity index (χ3n) is 15.3. The normalized spacial score (nSPS) is 38.7. The summed E-state index contributed by atoms with van der Waals surface area (Å²) >= 11 is 0. The van der Waals surface area contributed by atoms with Crippen LogP contribution in [0.25, 0.3) is 0 Å². The average molecular weight is 819 g/mol. The van der Waals surface area contributed by atoms with Crippen molar-refractivity contribution >= 4 is 11.9 Å². The molecule has 2 aliphatic carbocycles. The van der Waals surface area contributed by atoms with Crippen LogP contribution in [0.2, 0.25) is 0 Å². The molecule has 2 spiro atoms. The first kappa shape index (κ1) is 42.6. The zero-order valence-corrected chi connectivity index (χ0v) is 35.3. The number of aliphatic imine (C=N–C) groups is 1. The zero-order chi connectivity index (χ0) is 41.1. The molecule has 2 unspecified atom stereocenters. The topological polar surface area (TPSA) is 185 Å². The molecule has 9 rings (SSSR count). The molecule has 6 aliphatic heterocycles. The number of nitrogens with two attached hydrogens (primary N) is 1. The summed E-state index contributed by atoms with van der Waals surface area (Å²) in [6.07, 6.45) is 11.9. The fourth-order valence-electron chi connectivity index (χ4n) is 12.2. The molecule has 326 valence electrons. The number of benzene rings is 1. The van der Waals surface area contributed by atoms with Crippen molar-refractivity contribution in [2.75, 3.05) is 45.9 Å². The Bertz CT molecular complexity index is 1730. The molecule has 59 heavy (non-hydrogen) atoms. The number of carbonyl (C=O) groups excluding carboxylic acids is 1. The highest BCUT2D eigenvalue weighted by Gasteiger charge is 2.48. The van der Waals surface area contributed by atoms with Crippen molar-refractivity contribution in [1.82, 2.24) is 20.4 Å². The van der Waals surface area contributed by atoms with E-state index in [9.17, 15) is 25.2 Å². The molecule has 8 N–H and O–H groups in total. The number of aromatic hydroxyl groups is 1. The van der Waals surface area contributed by atoms with Crippen LogP contribution < -0.4 is 21.1 Å². The molecule has 13 heteroatoms. The summed E-state index contributed by atoms with van der Waals surface area (Å²) in [5, 5.41) is 52.0. The van der Waals surface area contributed by atoms with Gasteiger partial charge in [-0.05, 0) is 125 Å². The van der Waals surface area contributed by atoms with Gasteiger partial charge >= 0.3 is 5.97 Å². The van der Waals surface area contributed by atoms with E-state index >= 15 is 0 Å². The van der Waals surface area contributed by atoms with Gasteiger partial charge in [0.1, 0.15) is 12.2 Å². The van der Waals surface area contributed by atoms with Crippen molar-refractivity contribution in [2.24, 2.45) is 39.8 Å². The van der Waals surface area contributed by atoms with Gasteiger partial charge in [0.2, 0.25) is 0 Å². The van der Waals surface area contributed by atoms with Gasteiger partial charge in [-0.2, -0.15) is 0 Å². The number of hydrogen-bond donors (Lipinski definition) is 7. The number of piperidine rings is 3. The van der Waals surface area contributed by atoms with Crippen molar-refractivity contribution < 1.29 is 34.7 Å². The van der Waals surface area contributed by atoms with Crippen LogP contribution in [-0.2, 0) is 22.6 Å². The highest BCUT2D eigenvalue weighted by Crippen LogP contribution is 2.43. The lowest BCUT2D eigenvalue weighted by Crippen LogP contribution is -2.69. The maximum absolute atomic E-state index is 12.8. The second kappa shape index (κ2) is 18.5. The van der Waals surface area contributed by atoms with Crippen LogP contribution in [0.4, 0.5) is 0 Å². The van der Waals surface area contributed by atoms with Crippen LogP contribution in [-0.4, -0.2) is 124 Å². The number of ether oxygens (including phenoxy) is 2. The lowest BCUT2D eigenvalue weighted by atomic mass is 9.73. The lowest BCUT2D eigenvalue weighted by molar-refractivity contribution is -0.152. The van der Waals surface area contributed by atoms with Crippen LogP contribution >= 0.6 is 0 Å². The fourth-order valence-corrected chi connectivity index (χ4v) is 12.2. The van der Waals surface area contributed by atoms with Crippen LogP contribution in [0.1, 0.15) is 114 Å². The molecule has 13 nitrogen and oxygen atoms in total. The fraction of sp³-hybridized carbons (Fsp3) is 0.783. The summed E-state index contributed by atoms with van der Waals surface area (Å²) in [7, 11) is 0. The third-order valence-corrected chi connectivity index (χ3v) is 15.3. The van der Waals surface area contributed by atoms with Crippen LogP contribution in [0.3, 0.4) is 0 Å². The number of fused-ring (bicyclic) bond motifs is 8. The van der Waals surface area contributed by atoms with E-state index in [-0.39, 0.29) is 61.1 Å². The Hall–Kier alpha value is -3.12. The van der Waals surface area contributed by atoms with E-state index in [1.807, 2.05) is 6.07 Å². The second-order valence-electron chi connectivity index (χ2n) is 19.4. The summed E-state index contributed by atoms with van der Waals surface area (Å²) in [6.45, 7) is 6.14. The Morgan fingerprint density at radius 2 is 1.88 bits per heavy atom. The molecule has 1 aromatic carbocycles. The maximum Gasteiger partial charge on any atom is 0.302 e. The van der Waals surface area contributed by atoms with Gasteiger partial charge in [0.05, 0.1) is 36.9 Å². The monoisotopic (exact) mass is 819 g/mol. The van der Waals surface area contributed by atoms with E-state index in [1.54, 1.807) is 6.07 Å².